The van der Waals surface area contributed by atoms with Gasteiger partial charge in [0.25, 0.3) is 0 Å². The molecule has 1 unspecified atom stereocenters. The molecule has 0 spiro atoms. The minimum absolute atomic E-state index is 0.548. The summed E-state index contributed by atoms with van der Waals surface area (Å²) < 4.78 is 0. The van der Waals surface area contributed by atoms with Crippen LogP contribution in [0.25, 0.3) is 0 Å². The lowest BCUT2D eigenvalue weighted by Gasteiger charge is -2.25. The molecule has 25 heavy (non-hydrogen) atoms. The van der Waals surface area contributed by atoms with E-state index >= 15 is 0 Å². The highest BCUT2D eigenvalue weighted by molar-refractivity contribution is 5.79. The highest BCUT2D eigenvalue weighted by Gasteiger charge is 2.24. The third-order valence-corrected chi connectivity index (χ3v) is 4.46. The van der Waals surface area contributed by atoms with E-state index in [2.05, 4.69) is 63.6 Å². The van der Waals surface area contributed by atoms with Gasteiger partial charge in [-0.1, -0.05) is 24.3 Å². The van der Waals surface area contributed by atoms with Crippen molar-refractivity contribution in [2.24, 2.45) is 4.99 Å². The number of para-hydroxylation sites is 1. The zero-order chi connectivity index (χ0) is 17.5. The average molecular weight is 337 g/mol. The number of aliphatic imine (C=N–C) groups is 1. The lowest BCUT2D eigenvalue weighted by atomic mass is 10.1. The maximum absolute atomic E-state index is 4.62. The van der Waals surface area contributed by atoms with Crippen molar-refractivity contribution in [3.8, 4) is 0 Å². The fourth-order valence-electron chi connectivity index (χ4n) is 3.26. The first-order valence-corrected chi connectivity index (χ1v) is 9.04. The topological polar surface area (TPSA) is 52.6 Å². The van der Waals surface area contributed by atoms with Gasteiger partial charge >= 0.3 is 0 Å². The third kappa shape index (κ3) is 4.50. The number of nitrogens with one attached hydrogen (secondary N) is 2. The Bertz CT molecular complexity index is 698. The van der Waals surface area contributed by atoms with Gasteiger partial charge in [0.1, 0.15) is 0 Å². The Morgan fingerprint density at radius 1 is 1.20 bits per heavy atom. The van der Waals surface area contributed by atoms with Crippen LogP contribution >= 0.6 is 0 Å². The van der Waals surface area contributed by atoms with E-state index in [1.165, 1.54) is 11.3 Å². The quantitative estimate of drug-likeness (QED) is 0.628. The molecule has 2 aromatic rings. The third-order valence-electron chi connectivity index (χ3n) is 4.46. The van der Waals surface area contributed by atoms with Gasteiger partial charge in [-0.2, -0.15) is 0 Å². The number of benzene rings is 1. The lowest BCUT2D eigenvalue weighted by molar-refractivity contribution is 0.656. The van der Waals surface area contributed by atoms with Gasteiger partial charge in [0.2, 0.25) is 0 Å². The first-order valence-electron chi connectivity index (χ1n) is 9.04. The second kappa shape index (κ2) is 8.51. The number of hydrogen-bond acceptors (Lipinski definition) is 3. The fourth-order valence-corrected chi connectivity index (χ4v) is 3.26. The van der Waals surface area contributed by atoms with E-state index in [4.69, 9.17) is 0 Å². The van der Waals surface area contributed by atoms with Crippen LogP contribution in [0.5, 0.6) is 0 Å². The lowest BCUT2D eigenvalue weighted by Crippen LogP contribution is -2.42. The van der Waals surface area contributed by atoms with Gasteiger partial charge in [-0.05, 0) is 44.0 Å². The maximum atomic E-state index is 4.62. The maximum Gasteiger partial charge on any atom is 0.191 e. The van der Waals surface area contributed by atoms with E-state index in [0.29, 0.717) is 12.6 Å². The Morgan fingerprint density at radius 3 is 2.84 bits per heavy atom. The standard InChI is InChI=1S/C20H27N5/c1-3-21-20(24-15-18-9-6-7-11-22-18)23-12-13-25-16(2)14-17-8-4-5-10-19(17)25/h4-11,16H,3,12-15H2,1-2H3,(H2,21,23,24). The van der Waals surface area contributed by atoms with E-state index < -0.39 is 0 Å². The molecule has 5 nitrogen and oxygen atoms in total. The Labute approximate surface area is 150 Å². The molecule has 5 heteroatoms. The first kappa shape index (κ1) is 17.3. The molecule has 132 valence electrons. The molecular weight excluding hydrogens is 310 g/mol. The number of hydrogen-bond donors (Lipinski definition) is 2. The van der Waals surface area contributed by atoms with Crippen molar-refractivity contribution < 1.29 is 0 Å². The summed E-state index contributed by atoms with van der Waals surface area (Å²) in [6.07, 6.45) is 2.93. The number of aromatic nitrogens is 1. The van der Waals surface area contributed by atoms with Crippen molar-refractivity contribution in [3.05, 3.63) is 59.9 Å². The van der Waals surface area contributed by atoms with Crippen molar-refractivity contribution >= 4 is 11.6 Å². The van der Waals surface area contributed by atoms with Crippen molar-refractivity contribution in [2.45, 2.75) is 32.9 Å². The van der Waals surface area contributed by atoms with Crippen molar-refractivity contribution in [1.29, 1.82) is 0 Å². The molecule has 1 aliphatic heterocycles. The van der Waals surface area contributed by atoms with Gasteiger partial charge in [-0.3, -0.25) is 4.98 Å². The predicted molar refractivity (Wildman–Crippen MR) is 104 cm³/mol. The Hall–Kier alpha value is -2.56. The zero-order valence-corrected chi connectivity index (χ0v) is 15.1. The summed E-state index contributed by atoms with van der Waals surface area (Å²) in [6.45, 7) is 7.62. The van der Waals surface area contributed by atoms with Crippen LogP contribution in [0.4, 0.5) is 5.69 Å². The van der Waals surface area contributed by atoms with E-state index in [9.17, 15) is 0 Å². The van der Waals surface area contributed by atoms with Crippen molar-refractivity contribution in [1.82, 2.24) is 15.6 Å². The Kier molecular flexibility index (Phi) is 5.88. The highest BCUT2D eigenvalue weighted by atomic mass is 15.2. The van der Waals surface area contributed by atoms with Gasteiger partial charge < -0.3 is 15.5 Å². The van der Waals surface area contributed by atoms with Crippen LogP contribution in [0.15, 0.2) is 53.7 Å². The smallest absolute Gasteiger partial charge is 0.191 e. The molecule has 3 rings (SSSR count). The monoisotopic (exact) mass is 337 g/mol. The van der Waals surface area contributed by atoms with Crippen molar-refractivity contribution in [2.75, 3.05) is 24.5 Å². The molecule has 0 radical (unpaired) electrons. The second-order valence-electron chi connectivity index (χ2n) is 6.32. The van der Waals surface area contributed by atoms with Crippen LogP contribution < -0.4 is 15.5 Å². The number of anilines is 1. The predicted octanol–water partition coefficient (Wildman–Crippen LogP) is 2.59. The van der Waals surface area contributed by atoms with E-state index in [1.54, 1.807) is 6.20 Å². The molecule has 0 amide bonds. The number of rotatable bonds is 6. The minimum Gasteiger partial charge on any atom is -0.367 e. The Morgan fingerprint density at radius 2 is 2.04 bits per heavy atom. The molecule has 0 bridgehead atoms. The van der Waals surface area contributed by atoms with Gasteiger partial charge in [-0.15, -0.1) is 0 Å². The van der Waals surface area contributed by atoms with Crippen LogP contribution in [-0.4, -0.2) is 36.6 Å². The second-order valence-corrected chi connectivity index (χ2v) is 6.32. The molecule has 2 N–H and O–H groups in total. The van der Waals surface area contributed by atoms with Gasteiger partial charge in [0.15, 0.2) is 5.96 Å². The van der Waals surface area contributed by atoms with E-state index in [0.717, 1.165) is 37.7 Å². The molecule has 1 aromatic heterocycles. The molecule has 2 heterocycles. The van der Waals surface area contributed by atoms with Crippen LogP contribution in [-0.2, 0) is 13.0 Å². The summed E-state index contributed by atoms with van der Waals surface area (Å²) in [5.41, 5.74) is 3.79. The van der Waals surface area contributed by atoms with Gasteiger partial charge in [0, 0.05) is 37.6 Å². The summed E-state index contributed by atoms with van der Waals surface area (Å²) in [5, 5.41) is 6.74. The summed E-state index contributed by atoms with van der Waals surface area (Å²) in [5.74, 6) is 0.841. The molecular formula is C20H27N5. The highest BCUT2D eigenvalue weighted by Crippen LogP contribution is 2.31. The molecule has 1 aromatic carbocycles. The van der Waals surface area contributed by atoms with Crippen molar-refractivity contribution in [3.63, 3.8) is 0 Å². The van der Waals surface area contributed by atoms with E-state index in [1.807, 2.05) is 18.2 Å². The minimum atomic E-state index is 0.548. The zero-order valence-electron chi connectivity index (χ0n) is 15.1. The fraction of sp³-hybridized carbons (Fsp3) is 0.400. The molecule has 0 saturated heterocycles. The van der Waals surface area contributed by atoms with Crippen LogP contribution in [0.2, 0.25) is 0 Å². The molecule has 0 fully saturated rings. The number of fused-ring (bicyclic) bond motifs is 1. The Balaban J connectivity index is 1.55. The van der Waals surface area contributed by atoms with Crippen LogP contribution in [0, 0.1) is 0 Å². The number of guanidine groups is 1. The summed E-state index contributed by atoms with van der Waals surface area (Å²) in [4.78, 5) is 11.4. The van der Waals surface area contributed by atoms with E-state index in [-0.39, 0.29) is 0 Å². The number of pyridine rings is 1. The molecule has 1 atom stereocenters. The van der Waals surface area contributed by atoms with Gasteiger partial charge in [-0.25, -0.2) is 4.99 Å². The summed E-state index contributed by atoms with van der Waals surface area (Å²) in [7, 11) is 0. The van der Waals surface area contributed by atoms with Gasteiger partial charge in [0.05, 0.1) is 12.2 Å². The molecule has 0 saturated carbocycles. The largest absolute Gasteiger partial charge is 0.367 e. The summed E-state index contributed by atoms with van der Waals surface area (Å²) in [6, 6.07) is 15.2. The van der Waals surface area contributed by atoms with Crippen LogP contribution in [0.3, 0.4) is 0 Å². The SMILES string of the molecule is CCNC(=NCc1ccccn1)NCCN1c2ccccc2CC1C. The first-order chi connectivity index (χ1) is 12.3. The number of nitrogens with zero attached hydrogens (tertiary/aromatic N) is 3. The normalized spacial score (nSPS) is 16.6. The summed E-state index contributed by atoms with van der Waals surface area (Å²) >= 11 is 0. The molecule has 1 aliphatic rings. The van der Waals surface area contributed by atoms with Crippen LogP contribution in [0.1, 0.15) is 25.1 Å². The molecule has 0 aliphatic carbocycles. The average Bonchev–Trinajstić information content (AvgIpc) is 2.96.